The molecule has 1 heterocycles. The summed E-state index contributed by atoms with van der Waals surface area (Å²) in [6.07, 6.45) is 0.812. The van der Waals surface area contributed by atoms with Crippen LogP contribution in [0.5, 0.6) is 0 Å². The van der Waals surface area contributed by atoms with Crippen molar-refractivity contribution >= 4 is 11.6 Å². The topological polar surface area (TPSA) is 57.2 Å². The molecule has 108 valence electrons. The Morgan fingerprint density at radius 1 is 1.26 bits per heavy atom. The summed E-state index contributed by atoms with van der Waals surface area (Å²) >= 11 is 0. The van der Waals surface area contributed by atoms with E-state index in [1.807, 2.05) is 20.8 Å². The van der Waals surface area contributed by atoms with E-state index < -0.39 is 11.6 Å². The van der Waals surface area contributed by atoms with Crippen molar-refractivity contribution in [3.63, 3.8) is 0 Å². The molecule has 1 aromatic heterocycles. The first kappa shape index (κ1) is 15.6. The zero-order valence-corrected chi connectivity index (χ0v) is 11.5. The third-order valence-corrected chi connectivity index (χ3v) is 2.80. The molecule has 0 aliphatic heterocycles. The second-order valence-electron chi connectivity index (χ2n) is 4.75. The molecule has 1 unspecified atom stereocenters. The van der Waals surface area contributed by atoms with Gasteiger partial charge in [0.2, 0.25) is 0 Å². The number of aliphatic hydroxyl groups is 1. The maximum absolute atomic E-state index is 13.6. The Morgan fingerprint density at radius 2 is 1.89 bits per heavy atom. The number of aliphatic hydroxyl groups excluding tert-OH is 1. The van der Waals surface area contributed by atoms with E-state index in [4.69, 9.17) is 0 Å². The van der Waals surface area contributed by atoms with Crippen molar-refractivity contribution in [1.82, 2.24) is 4.98 Å². The highest BCUT2D eigenvalue weighted by atomic mass is 19.1. The fourth-order valence-electron chi connectivity index (χ4n) is 1.53. The molecule has 0 aliphatic rings. The molecule has 1 atom stereocenters. The lowest BCUT2D eigenvalue weighted by molar-refractivity contribution is 0.248. The van der Waals surface area contributed by atoms with Crippen LogP contribution in [0.1, 0.15) is 27.2 Å². The summed E-state index contributed by atoms with van der Waals surface area (Å²) in [6, 6.07) is 0.466. The molecule has 0 bridgehead atoms. The minimum absolute atomic E-state index is 0.0196. The minimum Gasteiger partial charge on any atom is -0.394 e. The highest BCUT2D eigenvalue weighted by Crippen LogP contribution is 2.20. The number of nitrogens with zero attached hydrogens (tertiary/aromatic N) is 1. The molecule has 19 heavy (non-hydrogen) atoms. The van der Waals surface area contributed by atoms with Crippen molar-refractivity contribution in [2.24, 2.45) is 5.92 Å². The van der Waals surface area contributed by atoms with Crippen LogP contribution in [0.3, 0.4) is 0 Å². The van der Waals surface area contributed by atoms with E-state index in [0.717, 1.165) is 12.5 Å². The molecule has 4 nitrogen and oxygen atoms in total. The number of anilines is 2. The lowest BCUT2D eigenvalue weighted by Gasteiger charge is -2.21. The van der Waals surface area contributed by atoms with E-state index in [1.165, 1.54) is 0 Å². The normalized spacial score (nSPS) is 12.6. The molecule has 1 aromatic rings. The molecule has 0 saturated carbocycles. The fraction of sp³-hybridized carbons (Fsp3) is 0.615. The van der Waals surface area contributed by atoms with Gasteiger partial charge in [-0.3, -0.25) is 0 Å². The summed E-state index contributed by atoms with van der Waals surface area (Å²) in [7, 11) is 0. The SMILES string of the molecule is CCCNc1nc(NC(CO)C(C)C)c(F)cc1F. The molecule has 0 spiro atoms. The van der Waals surface area contributed by atoms with Gasteiger partial charge in [-0.25, -0.2) is 13.8 Å². The molecule has 0 aliphatic carbocycles. The maximum Gasteiger partial charge on any atom is 0.168 e. The van der Waals surface area contributed by atoms with E-state index in [9.17, 15) is 13.9 Å². The van der Waals surface area contributed by atoms with Gasteiger partial charge in [-0.2, -0.15) is 0 Å². The summed E-state index contributed by atoms with van der Waals surface area (Å²) in [5, 5.41) is 14.8. The number of halogens is 2. The van der Waals surface area contributed by atoms with Gasteiger partial charge < -0.3 is 15.7 Å². The summed E-state index contributed by atoms with van der Waals surface area (Å²) in [5.41, 5.74) is 0. The summed E-state index contributed by atoms with van der Waals surface area (Å²) < 4.78 is 27.1. The van der Waals surface area contributed by atoms with Crippen LogP contribution in [0, 0.1) is 17.6 Å². The second-order valence-corrected chi connectivity index (χ2v) is 4.75. The van der Waals surface area contributed by atoms with Crippen molar-refractivity contribution in [3.05, 3.63) is 17.7 Å². The Labute approximate surface area is 112 Å². The first-order valence-electron chi connectivity index (χ1n) is 6.46. The van der Waals surface area contributed by atoms with Gasteiger partial charge in [0.15, 0.2) is 23.3 Å². The van der Waals surface area contributed by atoms with E-state index in [2.05, 4.69) is 15.6 Å². The first-order chi connectivity index (χ1) is 8.99. The van der Waals surface area contributed by atoms with Crippen molar-refractivity contribution in [2.75, 3.05) is 23.8 Å². The Balaban J connectivity index is 2.93. The van der Waals surface area contributed by atoms with Crippen molar-refractivity contribution in [1.29, 1.82) is 0 Å². The molecular weight excluding hydrogens is 252 g/mol. The van der Waals surface area contributed by atoms with Gasteiger partial charge in [-0.15, -0.1) is 0 Å². The molecule has 6 heteroatoms. The molecule has 0 saturated heterocycles. The monoisotopic (exact) mass is 273 g/mol. The fourth-order valence-corrected chi connectivity index (χ4v) is 1.53. The number of hydrogen-bond acceptors (Lipinski definition) is 4. The number of hydrogen-bond donors (Lipinski definition) is 3. The van der Waals surface area contributed by atoms with Gasteiger partial charge in [-0.1, -0.05) is 20.8 Å². The highest BCUT2D eigenvalue weighted by molar-refractivity contribution is 5.48. The van der Waals surface area contributed by atoms with Gasteiger partial charge >= 0.3 is 0 Å². The van der Waals surface area contributed by atoms with E-state index in [1.54, 1.807) is 0 Å². The van der Waals surface area contributed by atoms with Crippen LogP contribution >= 0.6 is 0 Å². The zero-order valence-electron chi connectivity index (χ0n) is 11.5. The quantitative estimate of drug-likeness (QED) is 0.715. The van der Waals surface area contributed by atoms with Crippen LogP contribution in [-0.2, 0) is 0 Å². The van der Waals surface area contributed by atoms with Gasteiger partial charge in [0, 0.05) is 12.6 Å². The first-order valence-corrected chi connectivity index (χ1v) is 6.46. The van der Waals surface area contributed by atoms with Crippen LogP contribution in [0.4, 0.5) is 20.4 Å². The van der Waals surface area contributed by atoms with Crippen molar-refractivity contribution < 1.29 is 13.9 Å². The molecular formula is C13H21F2N3O. The third kappa shape index (κ3) is 4.31. The van der Waals surface area contributed by atoms with Gasteiger partial charge in [0.25, 0.3) is 0 Å². The third-order valence-electron chi connectivity index (χ3n) is 2.80. The second kappa shape index (κ2) is 7.23. The van der Waals surface area contributed by atoms with Gasteiger partial charge in [0.05, 0.1) is 12.6 Å². The Kier molecular flexibility index (Phi) is 5.95. The van der Waals surface area contributed by atoms with E-state index >= 15 is 0 Å². The number of rotatable bonds is 7. The Bertz CT molecular complexity index is 413. The lowest BCUT2D eigenvalue weighted by Crippen LogP contribution is -2.30. The number of aromatic nitrogens is 1. The molecule has 0 radical (unpaired) electrons. The maximum atomic E-state index is 13.6. The van der Waals surface area contributed by atoms with E-state index in [0.29, 0.717) is 6.54 Å². The number of pyridine rings is 1. The zero-order chi connectivity index (χ0) is 14.4. The Hall–Kier alpha value is -1.43. The standard InChI is InChI=1S/C13H21F2N3O/c1-4-5-16-12-9(14)6-10(15)13(18-12)17-11(7-19)8(2)3/h6,8,11,19H,4-5,7H2,1-3H3,(H2,16,17,18). The van der Waals surface area contributed by atoms with Crippen molar-refractivity contribution in [3.8, 4) is 0 Å². The number of nitrogens with one attached hydrogen (secondary N) is 2. The summed E-state index contributed by atoms with van der Waals surface area (Å²) in [4.78, 5) is 3.90. The van der Waals surface area contributed by atoms with Crippen molar-refractivity contribution in [2.45, 2.75) is 33.2 Å². The smallest absolute Gasteiger partial charge is 0.168 e. The van der Waals surface area contributed by atoms with Gasteiger partial charge in [-0.05, 0) is 12.3 Å². The van der Waals surface area contributed by atoms with E-state index in [-0.39, 0.29) is 30.2 Å². The van der Waals surface area contributed by atoms with Crippen LogP contribution in [0.25, 0.3) is 0 Å². The summed E-state index contributed by atoms with van der Waals surface area (Å²) in [5.74, 6) is -1.41. The lowest BCUT2D eigenvalue weighted by atomic mass is 10.1. The van der Waals surface area contributed by atoms with Gasteiger partial charge in [0.1, 0.15) is 0 Å². The largest absolute Gasteiger partial charge is 0.394 e. The molecule has 0 aromatic carbocycles. The van der Waals surface area contributed by atoms with Crippen LogP contribution in [-0.4, -0.2) is 29.3 Å². The molecule has 0 amide bonds. The van der Waals surface area contributed by atoms with Crippen LogP contribution < -0.4 is 10.6 Å². The van der Waals surface area contributed by atoms with Crippen LogP contribution in [0.15, 0.2) is 6.07 Å². The van der Waals surface area contributed by atoms with Crippen LogP contribution in [0.2, 0.25) is 0 Å². The molecule has 1 rings (SSSR count). The molecule has 3 N–H and O–H groups in total. The predicted octanol–water partition coefficient (Wildman–Crippen LogP) is 2.61. The highest BCUT2D eigenvalue weighted by Gasteiger charge is 2.17. The molecule has 0 fully saturated rings. The Morgan fingerprint density at radius 3 is 2.42 bits per heavy atom. The predicted molar refractivity (Wildman–Crippen MR) is 72.3 cm³/mol. The average Bonchev–Trinajstić information content (AvgIpc) is 2.36. The average molecular weight is 273 g/mol. The summed E-state index contributed by atoms with van der Waals surface area (Å²) in [6.45, 7) is 6.14. The minimum atomic E-state index is -0.765.